The van der Waals surface area contributed by atoms with Gasteiger partial charge >= 0.3 is 29.6 Å². The third-order valence-electron chi connectivity index (χ3n) is 1.79. The summed E-state index contributed by atoms with van der Waals surface area (Å²) < 4.78 is 0.742. The number of rotatable bonds is 2. The summed E-state index contributed by atoms with van der Waals surface area (Å²) in [5.74, 6) is -0.131. The molecule has 0 heterocycles. The second kappa shape index (κ2) is 6.00. The van der Waals surface area contributed by atoms with Crippen LogP contribution in [0.5, 0.6) is 11.5 Å². The summed E-state index contributed by atoms with van der Waals surface area (Å²) in [6, 6.07) is 3.92. The summed E-state index contributed by atoms with van der Waals surface area (Å²) in [5, 5.41) is 29.6. The van der Waals surface area contributed by atoms with Gasteiger partial charge in [0.15, 0.2) is 12.3 Å². The van der Waals surface area contributed by atoms with Gasteiger partial charge in [0.1, 0.15) is 11.5 Å². The molecular weight excluding hydrogens is 205 g/mol. The number of nitrogens with zero attached hydrogens (tertiary/aromatic N) is 1. The Balaban J connectivity index is 0.00000196. The number of aromatic hydroxyl groups is 2. The van der Waals surface area contributed by atoms with Crippen molar-refractivity contribution in [3.8, 4) is 11.5 Å². The zero-order valence-electron chi connectivity index (χ0n) is 9.14. The van der Waals surface area contributed by atoms with Crippen LogP contribution >= 0.6 is 0 Å². The van der Waals surface area contributed by atoms with Gasteiger partial charge in [-0.1, -0.05) is 0 Å². The Morgan fingerprint density at radius 1 is 1.33 bits per heavy atom. The Labute approximate surface area is 111 Å². The van der Waals surface area contributed by atoms with Crippen LogP contribution in [0.3, 0.4) is 0 Å². The van der Waals surface area contributed by atoms with Gasteiger partial charge in [-0.15, -0.1) is 0 Å². The molecule has 1 rings (SSSR count). The third kappa shape index (κ3) is 4.11. The summed E-state index contributed by atoms with van der Waals surface area (Å²) in [5.41, 5.74) is 0.395. The fraction of sp³-hybridized carbons (Fsp3) is 0.300. The third-order valence-corrected chi connectivity index (χ3v) is 1.79. The van der Waals surface area contributed by atoms with Crippen LogP contribution in [0.2, 0.25) is 0 Å². The fourth-order valence-corrected chi connectivity index (χ4v) is 0.927. The average molecular weight is 218 g/mol. The predicted octanol–water partition coefficient (Wildman–Crippen LogP) is -1.56. The second-order valence-corrected chi connectivity index (χ2v) is 3.33. The summed E-state index contributed by atoms with van der Waals surface area (Å²) in [7, 11) is 0. The van der Waals surface area contributed by atoms with E-state index < -0.39 is 0 Å². The molecule has 0 aliphatic carbocycles. The number of hydroxylamine groups is 1. The smallest absolute Gasteiger partial charge is 0.624 e. The molecule has 1 aromatic rings. The van der Waals surface area contributed by atoms with Crippen LogP contribution < -0.4 is 29.6 Å². The van der Waals surface area contributed by atoms with Crippen molar-refractivity contribution < 1.29 is 44.5 Å². The van der Waals surface area contributed by atoms with Gasteiger partial charge < -0.3 is 15.4 Å². The summed E-state index contributed by atoms with van der Waals surface area (Å²) in [6.07, 6.45) is 1.29. The van der Waals surface area contributed by atoms with Crippen LogP contribution in [0, 0.1) is 5.21 Å². The molecule has 0 spiro atoms. The van der Waals surface area contributed by atoms with E-state index in [4.69, 9.17) is 5.11 Å². The molecule has 0 fully saturated rings. The quantitative estimate of drug-likeness (QED) is 0.207. The molecule has 0 aliphatic rings. The van der Waals surface area contributed by atoms with Crippen LogP contribution in [0.4, 0.5) is 0 Å². The van der Waals surface area contributed by atoms with E-state index >= 15 is 0 Å². The Morgan fingerprint density at radius 2 is 1.93 bits per heavy atom. The van der Waals surface area contributed by atoms with E-state index in [9.17, 15) is 10.3 Å². The van der Waals surface area contributed by atoms with E-state index in [0.717, 1.165) is 4.74 Å². The molecule has 15 heavy (non-hydrogen) atoms. The number of hydrogen-bond donors (Lipinski definition) is 2. The molecule has 0 aliphatic heterocycles. The number of phenolic OH excluding ortho intramolecular Hbond substituents is 2. The van der Waals surface area contributed by atoms with Crippen LogP contribution in [0.1, 0.15) is 19.4 Å². The largest absolute Gasteiger partial charge is 1.00 e. The molecule has 0 radical (unpaired) electrons. The Morgan fingerprint density at radius 3 is 2.40 bits per heavy atom. The molecule has 0 aromatic heterocycles. The minimum Gasteiger partial charge on any atom is -0.624 e. The van der Waals surface area contributed by atoms with E-state index in [1.54, 1.807) is 13.8 Å². The Kier molecular flexibility index (Phi) is 5.72. The minimum absolute atomic E-state index is 0. The normalized spacial score (nSPS) is 11.3. The zero-order valence-corrected chi connectivity index (χ0v) is 11.1. The summed E-state index contributed by atoms with van der Waals surface area (Å²) in [6.45, 7) is 3.50. The van der Waals surface area contributed by atoms with E-state index in [-0.39, 0.29) is 47.1 Å². The first-order valence-electron chi connectivity index (χ1n) is 4.33. The van der Waals surface area contributed by atoms with Crippen molar-refractivity contribution in [1.82, 2.24) is 0 Å². The average Bonchev–Trinajstić information content (AvgIpc) is 2.09. The van der Waals surface area contributed by atoms with Crippen LogP contribution in [0.15, 0.2) is 18.2 Å². The molecular formula is C10H13NNaO3+. The molecule has 0 atom stereocenters. The molecule has 76 valence electrons. The van der Waals surface area contributed by atoms with Gasteiger partial charge in [0.05, 0.1) is 5.56 Å². The van der Waals surface area contributed by atoms with Gasteiger partial charge in [-0.05, 0) is 26.0 Å². The van der Waals surface area contributed by atoms with E-state index in [1.165, 1.54) is 24.4 Å². The predicted molar refractivity (Wildman–Crippen MR) is 53.7 cm³/mol. The van der Waals surface area contributed by atoms with Crippen molar-refractivity contribution in [3.05, 3.63) is 29.0 Å². The molecule has 0 bridgehead atoms. The maximum Gasteiger partial charge on any atom is 1.00 e. The van der Waals surface area contributed by atoms with Crippen molar-refractivity contribution in [2.24, 2.45) is 0 Å². The van der Waals surface area contributed by atoms with Gasteiger partial charge in [-0.25, -0.2) is 4.74 Å². The molecule has 0 saturated heterocycles. The standard InChI is InChI=1S/C10H13NO3.Na/c1-7(2)11(14)6-8-3-4-9(12)5-10(8)13;/h3-7,12-13H,1-2H3;/q;+1/b11-6+;. The first-order chi connectivity index (χ1) is 6.50. The van der Waals surface area contributed by atoms with E-state index in [0.29, 0.717) is 5.56 Å². The van der Waals surface area contributed by atoms with Gasteiger partial charge in [0, 0.05) is 6.07 Å². The van der Waals surface area contributed by atoms with Gasteiger partial charge in [-0.3, -0.25) is 0 Å². The van der Waals surface area contributed by atoms with Crippen LogP contribution in [-0.2, 0) is 0 Å². The Bertz CT molecular complexity index is 364. The number of benzene rings is 1. The summed E-state index contributed by atoms with van der Waals surface area (Å²) >= 11 is 0. The first kappa shape index (κ1) is 14.3. The molecule has 4 nitrogen and oxygen atoms in total. The SMILES string of the molecule is CC(C)/[N+]([O-])=C\c1ccc(O)cc1O.[Na+]. The van der Waals surface area contributed by atoms with Gasteiger partial charge in [-0.2, -0.15) is 0 Å². The molecule has 1 aromatic carbocycles. The zero-order chi connectivity index (χ0) is 10.7. The van der Waals surface area contributed by atoms with Crippen molar-refractivity contribution in [1.29, 1.82) is 0 Å². The minimum atomic E-state index is -0.178. The maximum atomic E-state index is 11.2. The molecule has 0 saturated carbocycles. The van der Waals surface area contributed by atoms with Crippen molar-refractivity contribution in [2.75, 3.05) is 0 Å². The molecule has 0 amide bonds. The summed E-state index contributed by atoms with van der Waals surface area (Å²) in [4.78, 5) is 0. The molecule has 0 unspecified atom stereocenters. The van der Waals surface area contributed by atoms with Gasteiger partial charge in [0.25, 0.3) is 0 Å². The van der Waals surface area contributed by atoms with Crippen LogP contribution in [0.25, 0.3) is 0 Å². The van der Waals surface area contributed by atoms with Crippen molar-refractivity contribution in [3.63, 3.8) is 0 Å². The Hall–Kier alpha value is -0.710. The van der Waals surface area contributed by atoms with Gasteiger partial charge in [0.2, 0.25) is 0 Å². The fourth-order valence-electron chi connectivity index (χ4n) is 0.927. The molecule has 5 heteroatoms. The maximum absolute atomic E-state index is 11.2. The monoisotopic (exact) mass is 218 g/mol. The second-order valence-electron chi connectivity index (χ2n) is 3.33. The van der Waals surface area contributed by atoms with E-state index in [2.05, 4.69) is 0 Å². The van der Waals surface area contributed by atoms with E-state index in [1.807, 2.05) is 0 Å². The number of hydrogen-bond acceptors (Lipinski definition) is 3. The first-order valence-corrected chi connectivity index (χ1v) is 4.33. The number of phenols is 2. The van der Waals surface area contributed by atoms with Crippen LogP contribution in [-0.4, -0.2) is 27.2 Å². The van der Waals surface area contributed by atoms with Crippen molar-refractivity contribution in [2.45, 2.75) is 19.9 Å². The van der Waals surface area contributed by atoms with Crippen molar-refractivity contribution >= 4 is 6.21 Å². The molecule has 2 N–H and O–H groups in total. The topological polar surface area (TPSA) is 66.5 Å².